The van der Waals surface area contributed by atoms with Crippen LogP contribution in [-0.4, -0.2) is 50.7 Å². The van der Waals surface area contributed by atoms with Crippen LogP contribution in [0.2, 0.25) is 0 Å². The van der Waals surface area contributed by atoms with Gasteiger partial charge in [0, 0.05) is 43.2 Å². The van der Waals surface area contributed by atoms with E-state index < -0.39 is 22.8 Å². The van der Waals surface area contributed by atoms with Gasteiger partial charge < -0.3 is 10.2 Å². The van der Waals surface area contributed by atoms with Gasteiger partial charge in [-0.3, -0.25) is 24.9 Å². The zero-order chi connectivity index (χ0) is 25.8. The van der Waals surface area contributed by atoms with Gasteiger partial charge in [0.1, 0.15) is 5.82 Å². The zero-order valence-corrected chi connectivity index (χ0v) is 20.5. The smallest absolute Gasteiger partial charge is 0.290 e. The fourth-order valence-corrected chi connectivity index (χ4v) is 4.91. The molecule has 37 heavy (non-hydrogen) atoms. The Bertz CT molecular complexity index is 1360. The van der Waals surface area contributed by atoms with E-state index in [0.717, 1.165) is 50.1 Å². The van der Waals surface area contributed by atoms with Crippen LogP contribution in [0.4, 0.5) is 19.5 Å². The molecule has 2 amide bonds. The summed E-state index contributed by atoms with van der Waals surface area (Å²) < 4.78 is 28.4. The summed E-state index contributed by atoms with van der Waals surface area (Å²) in [5, 5.41) is 5.15. The van der Waals surface area contributed by atoms with Crippen molar-refractivity contribution in [2.24, 2.45) is 5.92 Å². The molecule has 3 aromatic rings. The summed E-state index contributed by atoms with van der Waals surface area (Å²) >= 11 is 0.852. The van der Waals surface area contributed by atoms with E-state index in [1.54, 1.807) is 24.4 Å². The fraction of sp³-hybridized carbons (Fsp3) is 0.280. The highest BCUT2D eigenvalue weighted by atomic mass is 32.2. The molecule has 2 saturated heterocycles. The highest BCUT2D eigenvalue weighted by Gasteiger charge is 2.26. The number of carbonyl (C=O) groups excluding carboxylic acids is 2. The van der Waals surface area contributed by atoms with E-state index in [9.17, 15) is 18.4 Å². The largest absolute Gasteiger partial charge is 0.341 e. The summed E-state index contributed by atoms with van der Waals surface area (Å²) in [5.74, 6) is -0.392. The summed E-state index contributed by atoms with van der Waals surface area (Å²) in [6, 6.07) is 4.77. The number of piperidine rings is 1. The van der Waals surface area contributed by atoms with Gasteiger partial charge in [0.15, 0.2) is 5.82 Å². The van der Waals surface area contributed by atoms with Crippen molar-refractivity contribution in [3.63, 3.8) is 0 Å². The predicted octanol–water partition coefficient (Wildman–Crippen LogP) is 3.54. The quantitative estimate of drug-likeness (QED) is 0.449. The van der Waals surface area contributed by atoms with Gasteiger partial charge in [-0.05, 0) is 61.3 Å². The molecule has 0 atom stereocenters. The van der Waals surface area contributed by atoms with Crippen LogP contribution in [-0.2, 0) is 11.3 Å². The van der Waals surface area contributed by atoms with Crippen molar-refractivity contribution in [3.05, 3.63) is 70.8 Å². The number of anilines is 1. The second-order valence-corrected chi connectivity index (χ2v) is 9.73. The van der Waals surface area contributed by atoms with E-state index in [1.807, 2.05) is 0 Å². The van der Waals surface area contributed by atoms with Crippen molar-refractivity contribution >= 4 is 34.9 Å². The molecule has 5 rings (SSSR count). The van der Waals surface area contributed by atoms with Crippen LogP contribution in [0.25, 0.3) is 17.3 Å². The van der Waals surface area contributed by atoms with Gasteiger partial charge in [0.25, 0.3) is 11.1 Å². The summed E-state index contributed by atoms with van der Waals surface area (Å²) in [6.45, 7) is 2.54. The third kappa shape index (κ3) is 5.97. The molecule has 0 aliphatic carbocycles. The van der Waals surface area contributed by atoms with Crippen LogP contribution in [0.3, 0.4) is 0 Å². The van der Waals surface area contributed by atoms with Gasteiger partial charge in [0.2, 0.25) is 5.95 Å². The van der Waals surface area contributed by atoms with Crippen LogP contribution in [0.5, 0.6) is 0 Å². The average Bonchev–Trinajstić information content (AvgIpc) is 3.22. The lowest BCUT2D eigenvalue weighted by Gasteiger charge is -2.32. The molecular formula is C25H23F2N7O2S. The normalized spacial score (nSPS) is 17.5. The standard InChI is InChI=1S/C25H23F2N7O2S/c26-19-14-31-21(18-2-5-28-13-20(18)27)9-16(19)12-29-11-15-3-7-34(8-4-15)24-30-6-1-17(32-24)10-22-23(35)33-25(36)37-22/h1-2,5-6,9-10,13-15,29H,3-4,7-8,11-12H2,(H,33,35,36)/b22-10-. The number of carbonyl (C=O) groups is 2. The SMILES string of the molecule is O=C1NC(=O)/C(=C/c2ccnc(N3CCC(CNCc4cc(-c5ccncc5F)ncc4F)CC3)n2)S1. The summed E-state index contributed by atoms with van der Waals surface area (Å²) in [6.07, 6.45) is 8.72. The topological polar surface area (TPSA) is 113 Å². The van der Waals surface area contributed by atoms with Crippen LogP contribution in [0.15, 0.2) is 47.9 Å². The lowest BCUT2D eigenvalue weighted by atomic mass is 9.97. The molecule has 2 fully saturated rings. The molecule has 9 nitrogen and oxygen atoms in total. The lowest BCUT2D eigenvalue weighted by molar-refractivity contribution is -0.115. The number of aromatic nitrogens is 4. The Morgan fingerprint density at radius 3 is 2.70 bits per heavy atom. The van der Waals surface area contributed by atoms with Gasteiger partial charge >= 0.3 is 0 Å². The minimum atomic E-state index is -0.503. The number of imide groups is 1. The lowest BCUT2D eigenvalue weighted by Crippen LogP contribution is -2.38. The van der Waals surface area contributed by atoms with Gasteiger partial charge in [-0.2, -0.15) is 0 Å². The van der Waals surface area contributed by atoms with Gasteiger partial charge in [-0.1, -0.05) is 0 Å². The van der Waals surface area contributed by atoms with E-state index in [1.165, 1.54) is 12.3 Å². The molecule has 5 heterocycles. The molecule has 190 valence electrons. The Morgan fingerprint density at radius 2 is 1.95 bits per heavy atom. The Balaban J connectivity index is 1.14. The van der Waals surface area contributed by atoms with Crippen LogP contribution < -0.4 is 15.5 Å². The van der Waals surface area contributed by atoms with E-state index in [4.69, 9.17) is 0 Å². The molecule has 2 N–H and O–H groups in total. The number of nitrogens with zero attached hydrogens (tertiary/aromatic N) is 5. The Hall–Kier alpha value is -3.77. The molecule has 2 aliphatic rings. The molecule has 2 aliphatic heterocycles. The Kier molecular flexibility index (Phi) is 7.47. The van der Waals surface area contributed by atoms with Crippen LogP contribution >= 0.6 is 11.8 Å². The molecule has 0 saturated carbocycles. The number of thioether (sulfide) groups is 1. The fourth-order valence-electron chi connectivity index (χ4n) is 4.24. The number of hydrogen-bond acceptors (Lipinski definition) is 9. The monoisotopic (exact) mass is 523 g/mol. The molecule has 3 aromatic heterocycles. The summed E-state index contributed by atoms with van der Waals surface area (Å²) in [7, 11) is 0. The van der Waals surface area contributed by atoms with E-state index >= 15 is 0 Å². The van der Waals surface area contributed by atoms with Gasteiger partial charge in [-0.15, -0.1) is 0 Å². The minimum absolute atomic E-state index is 0.282. The van der Waals surface area contributed by atoms with Crippen molar-refractivity contribution in [1.29, 1.82) is 0 Å². The Labute approximate surface area is 215 Å². The Morgan fingerprint density at radius 1 is 1.11 bits per heavy atom. The predicted molar refractivity (Wildman–Crippen MR) is 135 cm³/mol. The third-order valence-corrected chi connectivity index (χ3v) is 7.02. The van der Waals surface area contributed by atoms with E-state index in [2.05, 4.69) is 35.5 Å². The van der Waals surface area contributed by atoms with E-state index in [-0.39, 0.29) is 5.56 Å². The molecule has 0 unspecified atom stereocenters. The highest BCUT2D eigenvalue weighted by molar-refractivity contribution is 8.18. The summed E-state index contributed by atoms with van der Waals surface area (Å²) in [4.78, 5) is 42.2. The van der Waals surface area contributed by atoms with Crippen molar-refractivity contribution in [2.45, 2.75) is 19.4 Å². The number of rotatable bonds is 7. The first-order valence-corrected chi connectivity index (χ1v) is 12.6. The molecule has 0 spiro atoms. The first kappa shape index (κ1) is 24.9. The van der Waals surface area contributed by atoms with Crippen molar-refractivity contribution in [3.8, 4) is 11.3 Å². The highest BCUT2D eigenvalue weighted by Crippen LogP contribution is 2.26. The molecule has 12 heteroatoms. The van der Waals surface area contributed by atoms with Crippen molar-refractivity contribution < 1.29 is 18.4 Å². The van der Waals surface area contributed by atoms with Crippen LogP contribution in [0, 0.1) is 17.6 Å². The third-order valence-electron chi connectivity index (χ3n) is 6.21. The number of hydrogen-bond donors (Lipinski definition) is 2. The molecular weight excluding hydrogens is 500 g/mol. The van der Waals surface area contributed by atoms with Crippen LogP contribution in [0.1, 0.15) is 24.1 Å². The molecule has 0 radical (unpaired) electrons. The minimum Gasteiger partial charge on any atom is -0.341 e. The van der Waals surface area contributed by atoms with E-state index in [0.29, 0.717) is 46.8 Å². The second-order valence-electron chi connectivity index (χ2n) is 8.71. The average molecular weight is 524 g/mol. The van der Waals surface area contributed by atoms with Crippen molar-refractivity contribution in [1.82, 2.24) is 30.6 Å². The first-order chi connectivity index (χ1) is 18.0. The zero-order valence-electron chi connectivity index (χ0n) is 19.7. The second kappa shape index (κ2) is 11.1. The number of halogens is 2. The maximum atomic E-state index is 14.3. The maximum absolute atomic E-state index is 14.3. The molecule has 0 bridgehead atoms. The molecule has 0 aromatic carbocycles. The van der Waals surface area contributed by atoms with Gasteiger partial charge in [-0.25, -0.2) is 18.7 Å². The van der Waals surface area contributed by atoms with Crippen molar-refractivity contribution in [2.75, 3.05) is 24.5 Å². The first-order valence-electron chi connectivity index (χ1n) is 11.7. The maximum Gasteiger partial charge on any atom is 0.290 e. The number of nitrogens with one attached hydrogen (secondary N) is 2. The number of amides is 2. The number of pyridine rings is 2. The van der Waals surface area contributed by atoms with Gasteiger partial charge in [0.05, 0.1) is 28.7 Å². The summed E-state index contributed by atoms with van der Waals surface area (Å²) in [5.41, 5.74) is 1.63.